The van der Waals surface area contributed by atoms with Crippen LogP contribution in [0, 0.1) is 0 Å². The van der Waals surface area contributed by atoms with E-state index < -0.39 is 17.6 Å². The topological polar surface area (TPSA) is 101 Å². The van der Waals surface area contributed by atoms with Crippen LogP contribution in [0.15, 0.2) is 100 Å². The molecule has 8 nitrogen and oxygen atoms in total. The van der Waals surface area contributed by atoms with Crippen molar-refractivity contribution in [1.29, 1.82) is 0 Å². The molecule has 1 heterocycles. The molecule has 0 saturated heterocycles. The third-order valence-electron chi connectivity index (χ3n) is 7.61. The molecule has 1 aliphatic rings. The predicted molar refractivity (Wildman–Crippen MR) is 184 cm³/mol. The number of nitrogens with one attached hydrogen (secondary N) is 2. The van der Waals surface area contributed by atoms with Gasteiger partial charge in [-0.1, -0.05) is 81.6 Å². The number of amides is 1. The van der Waals surface area contributed by atoms with Gasteiger partial charge in [0.1, 0.15) is 11.5 Å². The van der Waals surface area contributed by atoms with E-state index in [0.717, 1.165) is 21.3 Å². The van der Waals surface area contributed by atoms with Crippen LogP contribution >= 0.6 is 39.1 Å². The number of carbonyl (C=O) groups is 1. The summed E-state index contributed by atoms with van der Waals surface area (Å²) in [6.07, 6.45) is 0.451. The minimum absolute atomic E-state index is 0.0500. The first-order valence-corrected chi connectivity index (χ1v) is 16.3. The second kappa shape index (κ2) is 15.8. The van der Waals surface area contributed by atoms with E-state index in [4.69, 9.17) is 47.5 Å². The molecule has 46 heavy (non-hydrogen) atoms. The number of para-hydroxylation sites is 1. The van der Waals surface area contributed by atoms with E-state index in [9.17, 15) is 4.79 Å². The van der Waals surface area contributed by atoms with E-state index in [0.29, 0.717) is 52.9 Å². The van der Waals surface area contributed by atoms with Crippen LogP contribution in [0.5, 0.6) is 11.5 Å². The van der Waals surface area contributed by atoms with E-state index in [-0.39, 0.29) is 18.9 Å². The third kappa shape index (κ3) is 7.85. The zero-order chi connectivity index (χ0) is 32.5. The van der Waals surface area contributed by atoms with Gasteiger partial charge in [-0.3, -0.25) is 10.2 Å². The summed E-state index contributed by atoms with van der Waals surface area (Å²) in [5.41, 5.74) is 7.64. The average Bonchev–Trinajstić information content (AvgIpc) is 3.44. The van der Waals surface area contributed by atoms with Crippen molar-refractivity contribution in [2.45, 2.75) is 30.9 Å². The molecule has 0 fully saturated rings. The van der Waals surface area contributed by atoms with Gasteiger partial charge in [0, 0.05) is 51.6 Å². The monoisotopic (exact) mass is 725 g/mol. The molecule has 0 spiro atoms. The van der Waals surface area contributed by atoms with E-state index in [1.54, 1.807) is 37.4 Å². The summed E-state index contributed by atoms with van der Waals surface area (Å²) in [6.45, 7) is 0.886. The highest BCUT2D eigenvalue weighted by Crippen LogP contribution is 2.45. The molecular formula is C35H34BrCl2N3O5. The molecular weight excluding hydrogens is 693 g/mol. The quantitative estimate of drug-likeness (QED) is 0.0967. The molecule has 5 rings (SSSR count). The summed E-state index contributed by atoms with van der Waals surface area (Å²) in [5.74, 6) is 1.32. The van der Waals surface area contributed by atoms with Crippen molar-refractivity contribution < 1.29 is 24.1 Å². The average molecular weight is 727 g/mol. The molecule has 3 N–H and O–H groups in total. The van der Waals surface area contributed by atoms with Crippen molar-refractivity contribution in [1.82, 2.24) is 10.9 Å². The summed E-state index contributed by atoms with van der Waals surface area (Å²) in [6, 6.07) is 27.8. The minimum atomic E-state index is -1.47. The van der Waals surface area contributed by atoms with Crippen LogP contribution in [0.2, 0.25) is 10.0 Å². The Morgan fingerprint density at radius 2 is 1.76 bits per heavy atom. The Morgan fingerprint density at radius 3 is 2.48 bits per heavy atom. The molecule has 2 atom stereocenters. The molecule has 0 radical (unpaired) electrons. The van der Waals surface area contributed by atoms with Crippen molar-refractivity contribution in [2.24, 2.45) is 4.99 Å². The number of rotatable bonds is 14. The number of hydrogen-bond donors (Lipinski definition) is 3. The summed E-state index contributed by atoms with van der Waals surface area (Å²) >= 11 is 16.7. The highest BCUT2D eigenvalue weighted by molar-refractivity contribution is 9.10. The molecule has 11 heteroatoms. The maximum absolute atomic E-state index is 14.4. The summed E-state index contributed by atoms with van der Waals surface area (Å²) in [4.78, 5) is 19.5. The number of methoxy groups -OCH3 is 1. The van der Waals surface area contributed by atoms with Crippen molar-refractivity contribution in [3.05, 3.63) is 128 Å². The van der Waals surface area contributed by atoms with Gasteiger partial charge in [-0.25, -0.2) is 10.4 Å². The van der Waals surface area contributed by atoms with E-state index in [2.05, 4.69) is 26.8 Å². The number of aliphatic hydroxyl groups excluding tert-OH is 1. The SMILES string of the molecule is COc1ccccc1CCNNC(=O)[C@@]1(Cc2ccccc2Br)N=C(c2ccc(OCCCO)cc2)O[C@H]1c1ccc(Cl)cc1Cl. The summed E-state index contributed by atoms with van der Waals surface area (Å²) in [5, 5.41) is 9.89. The van der Waals surface area contributed by atoms with Gasteiger partial charge in [0.15, 0.2) is 11.6 Å². The zero-order valence-corrected chi connectivity index (χ0v) is 28.2. The first-order chi connectivity index (χ1) is 22.3. The molecule has 1 amide bonds. The van der Waals surface area contributed by atoms with Gasteiger partial charge in [0.05, 0.1) is 13.7 Å². The van der Waals surface area contributed by atoms with E-state index >= 15 is 0 Å². The lowest BCUT2D eigenvalue weighted by atomic mass is 9.82. The minimum Gasteiger partial charge on any atom is -0.496 e. The first kappa shape index (κ1) is 33.8. The number of hydrogen-bond acceptors (Lipinski definition) is 7. The Kier molecular flexibility index (Phi) is 11.6. The second-order valence-corrected chi connectivity index (χ2v) is 12.4. The van der Waals surface area contributed by atoms with Gasteiger partial charge in [-0.2, -0.15) is 0 Å². The van der Waals surface area contributed by atoms with Crippen LogP contribution in [-0.2, 0) is 22.4 Å². The first-order valence-electron chi connectivity index (χ1n) is 14.8. The van der Waals surface area contributed by atoms with E-state index in [1.807, 2.05) is 60.7 Å². The van der Waals surface area contributed by atoms with Gasteiger partial charge < -0.3 is 19.3 Å². The summed E-state index contributed by atoms with van der Waals surface area (Å²) < 4.78 is 18.6. The van der Waals surface area contributed by atoms with Crippen molar-refractivity contribution in [3.8, 4) is 11.5 Å². The molecule has 0 unspecified atom stereocenters. The molecule has 4 aromatic carbocycles. The number of benzene rings is 4. The Bertz CT molecular complexity index is 1690. The maximum Gasteiger partial charge on any atom is 0.266 e. The number of nitrogens with zero attached hydrogens (tertiary/aromatic N) is 1. The lowest BCUT2D eigenvalue weighted by Crippen LogP contribution is -2.54. The van der Waals surface area contributed by atoms with Gasteiger partial charge in [0.2, 0.25) is 5.90 Å². The van der Waals surface area contributed by atoms with Crippen LogP contribution in [0.4, 0.5) is 0 Å². The number of halogens is 3. The molecule has 0 aromatic heterocycles. The van der Waals surface area contributed by atoms with Crippen LogP contribution in [-0.4, -0.2) is 49.3 Å². The second-order valence-electron chi connectivity index (χ2n) is 10.7. The Balaban J connectivity index is 1.50. The van der Waals surface area contributed by atoms with Crippen LogP contribution in [0.1, 0.15) is 34.8 Å². The molecule has 0 aliphatic carbocycles. The fourth-order valence-corrected chi connectivity index (χ4v) is 6.20. The molecule has 0 saturated carbocycles. The molecule has 0 bridgehead atoms. The highest BCUT2D eigenvalue weighted by Gasteiger charge is 2.54. The lowest BCUT2D eigenvalue weighted by Gasteiger charge is -2.31. The number of aliphatic imine (C=N–C) groups is 1. The number of ether oxygens (including phenoxy) is 3. The smallest absolute Gasteiger partial charge is 0.266 e. The number of carbonyl (C=O) groups excluding carboxylic acids is 1. The fourth-order valence-electron chi connectivity index (χ4n) is 5.26. The van der Waals surface area contributed by atoms with Gasteiger partial charge >= 0.3 is 0 Å². The van der Waals surface area contributed by atoms with Crippen LogP contribution in [0.3, 0.4) is 0 Å². The van der Waals surface area contributed by atoms with Crippen molar-refractivity contribution in [3.63, 3.8) is 0 Å². The normalized spacial score (nSPS) is 17.2. The largest absolute Gasteiger partial charge is 0.496 e. The predicted octanol–water partition coefficient (Wildman–Crippen LogP) is 6.89. The Hall–Kier alpha value is -3.60. The van der Waals surface area contributed by atoms with Crippen LogP contribution < -0.4 is 20.3 Å². The maximum atomic E-state index is 14.4. The molecule has 1 aliphatic heterocycles. The Labute approximate surface area is 286 Å². The number of aliphatic hydroxyl groups is 1. The third-order valence-corrected chi connectivity index (χ3v) is 8.94. The number of hydrazine groups is 1. The highest BCUT2D eigenvalue weighted by atomic mass is 79.9. The van der Waals surface area contributed by atoms with Gasteiger partial charge in [-0.15, -0.1) is 0 Å². The van der Waals surface area contributed by atoms with Gasteiger partial charge in [0.25, 0.3) is 5.91 Å². The standard InChI is InChI=1S/C35H34BrCl2N3O5/c1-44-31-10-5-3-7-23(31)17-18-39-41-34(43)35(22-25-8-2-4-9-29(25)36)32(28-16-13-26(37)21-30(28)38)46-33(40-35)24-11-14-27(15-12-24)45-20-6-19-42/h2-5,7-16,21,32,39,42H,6,17-20,22H2,1H3,(H,41,43)/t32-,35-/m0/s1. The van der Waals surface area contributed by atoms with Crippen molar-refractivity contribution >= 4 is 50.9 Å². The van der Waals surface area contributed by atoms with E-state index in [1.165, 1.54) is 0 Å². The molecule has 240 valence electrons. The zero-order valence-electron chi connectivity index (χ0n) is 25.1. The fraction of sp³-hybridized carbons (Fsp3) is 0.257. The lowest BCUT2D eigenvalue weighted by molar-refractivity contribution is -0.130. The van der Waals surface area contributed by atoms with Crippen molar-refractivity contribution in [2.75, 3.05) is 26.9 Å². The van der Waals surface area contributed by atoms with Gasteiger partial charge in [-0.05, 0) is 66.1 Å². The summed E-state index contributed by atoms with van der Waals surface area (Å²) in [7, 11) is 1.63. The Morgan fingerprint density at radius 1 is 1.02 bits per heavy atom. The van der Waals surface area contributed by atoms with Crippen LogP contribution in [0.25, 0.3) is 0 Å². The molecule has 4 aromatic rings.